The maximum absolute atomic E-state index is 13.7. The van der Waals surface area contributed by atoms with Crippen LogP contribution in [0.15, 0.2) is 39.5 Å². The quantitative estimate of drug-likeness (QED) is 0.583. The fraction of sp³-hybridized carbons (Fsp3) is 0.222. The van der Waals surface area contributed by atoms with E-state index in [-0.39, 0.29) is 5.56 Å². The molecule has 0 spiro atoms. The number of anilines is 1. The summed E-state index contributed by atoms with van der Waals surface area (Å²) in [6, 6.07) is 6.64. The lowest BCUT2D eigenvalue weighted by Gasteiger charge is -2.14. The van der Waals surface area contributed by atoms with Crippen molar-refractivity contribution in [1.29, 1.82) is 0 Å². The van der Waals surface area contributed by atoms with Crippen LogP contribution in [0.5, 0.6) is 0 Å². The molecule has 0 saturated heterocycles. The molecule has 3 rings (SSSR count). The van der Waals surface area contributed by atoms with Crippen molar-refractivity contribution in [3.05, 3.63) is 57.8 Å². The van der Waals surface area contributed by atoms with Gasteiger partial charge in [0.15, 0.2) is 0 Å². The molecule has 0 saturated carbocycles. The molecule has 0 aromatic carbocycles. The molecule has 0 aliphatic carbocycles. The molecule has 1 atom stereocenters. The van der Waals surface area contributed by atoms with Gasteiger partial charge in [0.05, 0.1) is 5.69 Å². The zero-order valence-electron chi connectivity index (χ0n) is 14.8. The molecule has 0 aliphatic rings. The Morgan fingerprint density at radius 3 is 2.78 bits per heavy atom. The third kappa shape index (κ3) is 4.13. The Morgan fingerprint density at radius 1 is 1.30 bits per heavy atom. The lowest BCUT2D eigenvalue weighted by molar-refractivity contribution is 0.118. The molecule has 0 radical (unpaired) electrons. The Labute approximate surface area is 163 Å². The highest BCUT2D eigenvalue weighted by Crippen LogP contribution is 2.31. The normalized spacial score (nSPS) is 11.9. The van der Waals surface area contributed by atoms with E-state index in [2.05, 4.69) is 36.4 Å². The van der Waals surface area contributed by atoms with Crippen LogP contribution in [0.3, 0.4) is 0 Å². The van der Waals surface area contributed by atoms with Gasteiger partial charge in [0.25, 0.3) is 0 Å². The highest BCUT2D eigenvalue weighted by atomic mass is 79.9. The first kappa shape index (κ1) is 19.0. The molecule has 9 heteroatoms. The lowest BCUT2D eigenvalue weighted by Crippen LogP contribution is -2.17. The Hall–Kier alpha value is -2.81. The Bertz CT molecular complexity index is 992. The third-order valence-corrected chi connectivity index (χ3v) is 4.69. The van der Waals surface area contributed by atoms with Gasteiger partial charge in [0.1, 0.15) is 23.2 Å². The van der Waals surface area contributed by atoms with E-state index in [4.69, 9.17) is 9.26 Å². The number of aryl methyl sites for hydroxylation is 2. The topological polar surface area (TPSA) is 90.1 Å². The first-order valence-corrected chi connectivity index (χ1v) is 8.84. The molecule has 0 bridgehead atoms. The second-order valence-electron chi connectivity index (χ2n) is 5.79. The molecule has 1 N–H and O–H groups in total. The van der Waals surface area contributed by atoms with E-state index < -0.39 is 18.1 Å². The highest BCUT2D eigenvalue weighted by Gasteiger charge is 2.22. The summed E-state index contributed by atoms with van der Waals surface area (Å²) in [4.78, 5) is 20.3. The number of hydrogen-bond donors (Lipinski definition) is 1. The number of rotatable bonds is 4. The van der Waals surface area contributed by atoms with E-state index >= 15 is 0 Å². The molecule has 0 aliphatic heterocycles. The van der Waals surface area contributed by atoms with Crippen LogP contribution in [-0.4, -0.2) is 21.2 Å². The molecule has 3 aromatic heterocycles. The number of ether oxygens (including phenoxy) is 1. The number of hydrogen-bond acceptors (Lipinski definition) is 6. The molecule has 7 nitrogen and oxygen atoms in total. The van der Waals surface area contributed by atoms with Crippen molar-refractivity contribution in [2.75, 3.05) is 5.32 Å². The predicted molar refractivity (Wildman–Crippen MR) is 99.6 cm³/mol. The number of nitrogens with one attached hydrogen (secondary N) is 1. The van der Waals surface area contributed by atoms with Crippen LogP contribution in [0.25, 0.3) is 11.5 Å². The van der Waals surface area contributed by atoms with Crippen molar-refractivity contribution >= 4 is 27.7 Å². The van der Waals surface area contributed by atoms with E-state index in [0.29, 0.717) is 22.8 Å². The fourth-order valence-corrected chi connectivity index (χ4v) is 2.64. The molecular formula is C18H16BrFN4O3. The summed E-state index contributed by atoms with van der Waals surface area (Å²) in [7, 11) is 0. The van der Waals surface area contributed by atoms with Crippen LogP contribution in [0, 0.1) is 19.8 Å². The summed E-state index contributed by atoms with van der Waals surface area (Å²) in [6.07, 6.45) is -0.270. The van der Waals surface area contributed by atoms with Crippen LogP contribution in [0.4, 0.5) is 14.9 Å². The zero-order valence-corrected chi connectivity index (χ0v) is 16.4. The number of aromatic nitrogens is 3. The molecule has 3 aromatic rings. The van der Waals surface area contributed by atoms with Gasteiger partial charge >= 0.3 is 6.09 Å². The van der Waals surface area contributed by atoms with Gasteiger partial charge < -0.3 is 9.26 Å². The predicted octanol–water partition coefficient (Wildman–Crippen LogP) is 4.96. The first-order chi connectivity index (χ1) is 12.9. The molecule has 1 amide bonds. The van der Waals surface area contributed by atoms with Crippen LogP contribution in [-0.2, 0) is 4.74 Å². The SMILES string of the molecule is Cc1nc(-c2onc(C)c2NC(=O)OC(C)c2cccnc2F)ccc1Br. The summed E-state index contributed by atoms with van der Waals surface area (Å²) >= 11 is 3.39. The van der Waals surface area contributed by atoms with Crippen molar-refractivity contribution in [2.45, 2.75) is 26.9 Å². The Balaban J connectivity index is 1.79. The molecular weight excluding hydrogens is 419 g/mol. The Morgan fingerprint density at radius 2 is 2.07 bits per heavy atom. The van der Waals surface area contributed by atoms with E-state index in [1.54, 1.807) is 26.0 Å². The van der Waals surface area contributed by atoms with Gasteiger partial charge in [-0.25, -0.2) is 14.8 Å². The summed E-state index contributed by atoms with van der Waals surface area (Å²) in [5.41, 5.74) is 2.26. The zero-order chi connectivity index (χ0) is 19.6. The molecule has 27 heavy (non-hydrogen) atoms. The first-order valence-electron chi connectivity index (χ1n) is 8.04. The van der Waals surface area contributed by atoms with Crippen LogP contribution in [0.2, 0.25) is 0 Å². The van der Waals surface area contributed by atoms with Gasteiger partial charge in [0, 0.05) is 16.2 Å². The van der Waals surface area contributed by atoms with E-state index in [9.17, 15) is 9.18 Å². The number of amides is 1. The van der Waals surface area contributed by atoms with Gasteiger partial charge in [-0.1, -0.05) is 5.16 Å². The maximum Gasteiger partial charge on any atom is 0.412 e. The number of halogens is 2. The third-order valence-electron chi connectivity index (χ3n) is 3.85. The maximum atomic E-state index is 13.7. The van der Waals surface area contributed by atoms with Gasteiger partial charge in [-0.05, 0) is 61.0 Å². The average Bonchev–Trinajstić information content (AvgIpc) is 2.98. The van der Waals surface area contributed by atoms with Crippen molar-refractivity contribution in [2.24, 2.45) is 0 Å². The van der Waals surface area contributed by atoms with Crippen molar-refractivity contribution in [3.8, 4) is 11.5 Å². The molecule has 140 valence electrons. The monoisotopic (exact) mass is 434 g/mol. The van der Waals surface area contributed by atoms with E-state index in [1.807, 2.05) is 13.0 Å². The van der Waals surface area contributed by atoms with Crippen LogP contribution in [0.1, 0.15) is 30.0 Å². The smallest absolute Gasteiger partial charge is 0.412 e. The summed E-state index contributed by atoms with van der Waals surface area (Å²) in [6.45, 7) is 5.07. The van der Waals surface area contributed by atoms with Crippen molar-refractivity contribution in [1.82, 2.24) is 15.1 Å². The van der Waals surface area contributed by atoms with Crippen molar-refractivity contribution < 1.29 is 18.4 Å². The average molecular weight is 435 g/mol. The highest BCUT2D eigenvalue weighted by molar-refractivity contribution is 9.10. The van der Waals surface area contributed by atoms with Crippen LogP contribution >= 0.6 is 15.9 Å². The molecule has 1 unspecified atom stereocenters. The number of carbonyl (C=O) groups excluding carboxylic acids is 1. The second kappa shape index (κ2) is 7.83. The number of nitrogens with zero attached hydrogens (tertiary/aromatic N) is 3. The molecule has 0 fully saturated rings. The summed E-state index contributed by atoms with van der Waals surface area (Å²) in [5, 5.41) is 6.48. The second-order valence-corrected chi connectivity index (χ2v) is 6.65. The number of pyridine rings is 2. The minimum atomic E-state index is -0.824. The fourth-order valence-electron chi connectivity index (χ4n) is 2.42. The minimum Gasteiger partial charge on any atom is -0.441 e. The standard InChI is InChI=1S/C18H16BrFN4O3/c1-9-13(19)6-7-14(22-9)16-15(10(2)24-27-16)23-18(25)26-11(3)12-5-4-8-21-17(12)20/h4-8,11H,1-3H3,(H,23,25). The van der Waals surface area contributed by atoms with Gasteiger partial charge in [0.2, 0.25) is 11.7 Å². The molecule has 3 heterocycles. The largest absolute Gasteiger partial charge is 0.441 e. The van der Waals surface area contributed by atoms with E-state index in [1.165, 1.54) is 12.3 Å². The van der Waals surface area contributed by atoms with Crippen LogP contribution < -0.4 is 5.32 Å². The van der Waals surface area contributed by atoms with Gasteiger partial charge in [-0.15, -0.1) is 0 Å². The van der Waals surface area contributed by atoms with E-state index in [0.717, 1.165) is 10.2 Å². The Kier molecular flexibility index (Phi) is 5.50. The number of carbonyl (C=O) groups is 1. The van der Waals surface area contributed by atoms with Gasteiger partial charge in [-0.2, -0.15) is 4.39 Å². The van der Waals surface area contributed by atoms with Gasteiger partial charge in [-0.3, -0.25) is 5.32 Å². The summed E-state index contributed by atoms with van der Waals surface area (Å²) < 4.78 is 25.1. The lowest BCUT2D eigenvalue weighted by atomic mass is 10.2. The minimum absolute atomic E-state index is 0.181. The van der Waals surface area contributed by atoms with Crippen molar-refractivity contribution in [3.63, 3.8) is 0 Å². The summed E-state index contributed by atoms with van der Waals surface area (Å²) in [5.74, 6) is -0.380.